The minimum absolute atomic E-state index is 0.214. The molecule has 1 aromatic carbocycles. The van der Waals surface area contributed by atoms with Gasteiger partial charge in [-0.05, 0) is 30.0 Å². The number of halogens is 1. The summed E-state index contributed by atoms with van der Waals surface area (Å²) in [5.41, 5.74) is 6.56. The van der Waals surface area contributed by atoms with Crippen molar-refractivity contribution >= 4 is 12.6 Å². The van der Waals surface area contributed by atoms with E-state index in [1.54, 1.807) is 12.1 Å². The average molecular weight is 185 g/mol. The lowest BCUT2D eigenvalue weighted by molar-refractivity contribution is 0.626. The first-order valence-corrected chi connectivity index (χ1v) is 4.47. The minimum Gasteiger partial charge on any atom is -0.330 e. The molecule has 3 heteroatoms. The fourth-order valence-corrected chi connectivity index (χ4v) is 1.41. The molecule has 66 valence electrons. The predicted molar refractivity (Wildman–Crippen MR) is 52.0 cm³/mol. The van der Waals surface area contributed by atoms with Gasteiger partial charge in [0.15, 0.2) is 0 Å². The third kappa shape index (κ3) is 2.22. The molecule has 1 rings (SSSR count). The van der Waals surface area contributed by atoms with Gasteiger partial charge in [-0.1, -0.05) is 12.1 Å². The Balaban J connectivity index is 2.80. The molecule has 12 heavy (non-hydrogen) atoms. The third-order valence-corrected chi connectivity index (χ3v) is 2.29. The molecule has 0 aliphatic heterocycles. The van der Waals surface area contributed by atoms with Gasteiger partial charge in [0.05, 0.1) is 0 Å². The molecule has 0 aromatic heterocycles. The van der Waals surface area contributed by atoms with E-state index in [0.717, 1.165) is 5.56 Å². The molecule has 0 amide bonds. The highest BCUT2D eigenvalue weighted by molar-refractivity contribution is 7.80. The van der Waals surface area contributed by atoms with Crippen molar-refractivity contribution in [3.8, 4) is 0 Å². The Morgan fingerprint density at radius 2 is 1.92 bits per heavy atom. The zero-order chi connectivity index (χ0) is 8.97. The molecule has 0 aliphatic carbocycles. The lowest BCUT2D eigenvalue weighted by Crippen LogP contribution is -2.13. The Morgan fingerprint density at radius 1 is 1.33 bits per heavy atom. The normalized spacial score (nSPS) is 12.9. The van der Waals surface area contributed by atoms with E-state index in [2.05, 4.69) is 12.6 Å². The molecule has 0 saturated carbocycles. The second-order valence-corrected chi connectivity index (χ2v) is 3.03. The fraction of sp³-hybridized carbons (Fsp3) is 0.333. The molecule has 1 nitrogen and oxygen atoms in total. The number of thiol groups is 1. The van der Waals surface area contributed by atoms with Crippen LogP contribution in [-0.4, -0.2) is 12.3 Å². The summed E-state index contributed by atoms with van der Waals surface area (Å²) in [6.07, 6.45) is 0. The number of rotatable bonds is 3. The van der Waals surface area contributed by atoms with Crippen molar-refractivity contribution in [3.05, 3.63) is 35.6 Å². The zero-order valence-corrected chi connectivity index (χ0v) is 7.60. The fourth-order valence-electron chi connectivity index (χ4n) is 1.05. The van der Waals surface area contributed by atoms with Gasteiger partial charge in [-0.15, -0.1) is 0 Å². The van der Waals surface area contributed by atoms with E-state index >= 15 is 0 Å². The Kier molecular flexibility index (Phi) is 3.56. The highest BCUT2D eigenvalue weighted by Crippen LogP contribution is 2.15. The van der Waals surface area contributed by atoms with Crippen molar-refractivity contribution in [1.82, 2.24) is 0 Å². The first-order valence-electron chi connectivity index (χ1n) is 3.84. The van der Waals surface area contributed by atoms with Crippen LogP contribution in [0.15, 0.2) is 24.3 Å². The van der Waals surface area contributed by atoms with Gasteiger partial charge in [0.25, 0.3) is 0 Å². The summed E-state index contributed by atoms with van der Waals surface area (Å²) in [5.74, 6) is 0.713. The molecule has 1 aromatic rings. The molecule has 0 heterocycles. The second-order valence-electron chi connectivity index (χ2n) is 2.67. The maximum atomic E-state index is 12.5. The van der Waals surface area contributed by atoms with Gasteiger partial charge in [-0.2, -0.15) is 12.6 Å². The first kappa shape index (κ1) is 9.55. The summed E-state index contributed by atoms with van der Waals surface area (Å²) in [6.45, 7) is 0.551. The topological polar surface area (TPSA) is 26.0 Å². The molecule has 1 atom stereocenters. The van der Waals surface area contributed by atoms with Gasteiger partial charge in [0, 0.05) is 5.92 Å². The zero-order valence-electron chi connectivity index (χ0n) is 6.70. The molecule has 0 spiro atoms. The van der Waals surface area contributed by atoms with Crippen LogP contribution >= 0.6 is 12.6 Å². The maximum Gasteiger partial charge on any atom is 0.123 e. The van der Waals surface area contributed by atoms with Crippen LogP contribution in [0.4, 0.5) is 4.39 Å². The van der Waals surface area contributed by atoms with E-state index in [9.17, 15) is 4.39 Å². The summed E-state index contributed by atoms with van der Waals surface area (Å²) in [4.78, 5) is 0. The lowest BCUT2D eigenvalue weighted by Gasteiger charge is -2.11. The summed E-state index contributed by atoms with van der Waals surface area (Å²) in [7, 11) is 0. The van der Waals surface area contributed by atoms with E-state index in [1.807, 2.05) is 0 Å². The summed E-state index contributed by atoms with van der Waals surface area (Å²) in [6, 6.07) is 6.40. The Morgan fingerprint density at radius 3 is 2.33 bits per heavy atom. The van der Waals surface area contributed by atoms with E-state index in [1.165, 1.54) is 12.1 Å². The number of benzene rings is 1. The highest BCUT2D eigenvalue weighted by Gasteiger charge is 2.06. The Bertz CT molecular complexity index is 231. The standard InChI is InChI=1S/C9H12FNS/c10-9-3-1-7(2-4-9)8(5-11)6-12/h1-4,8,12H,5-6,11H2. The van der Waals surface area contributed by atoms with Gasteiger partial charge in [0.1, 0.15) is 5.82 Å². The lowest BCUT2D eigenvalue weighted by atomic mass is 10.0. The van der Waals surface area contributed by atoms with E-state index in [0.29, 0.717) is 12.3 Å². The van der Waals surface area contributed by atoms with E-state index in [-0.39, 0.29) is 11.7 Å². The van der Waals surface area contributed by atoms with Crippen LogP contribution in [0.25, 0.3) is 0 Å². The third-order valence-electron chi connectivity index (χ3n) is 1.85. The number of hydrogen-bond donors (Lipinski definition) is 2. The maximum absolute atomic E-state index is 12.5. The van der Waals surface area contributed by atoms with Gasteiger partial charge < -0.3 is 5.73 Å². The van der Waals surface area contributed by atoms with Crippen molar-refractivity contribution in [3.63, 3.8) is 0 Å². The largest absolute Gasteiger partial charge is 0.330 e. The minimum atomic E-state index is -0.214. The van der Waals surface area contributed by atoms with E-state index in [4.69, 9.17) is 5.73 Å². The van der Waals surface area contributed by atoms with Gasteiger partial charge in [-0.3, -0.25) is 0 Å². The number of hydrogen-bond acceptors (Lipinski definition) is 2. The molecule has 0 aliphatic rings. The summed E-state index contributed by atoms with van der Waals surface area (Å²) >= 11 is 4.16. The molecule has 0 bridgehead atoms. The molecule has 2 N–H and O–H groups in total. The van der Waals surface area contributed by atoms with Crippen molar-refractivity contribution in [1.29, 1.82) is 0 Å². The van der Waals surface area contributed by atoms with Crippen LogP contribution in [0, 0.1) is 5.82 Å². The van der Waals surface area contributed by atoms with Crippen LogP contribution in [0.1, 0.15) is 11.5 Å². The Hall–Kier alpha value is -0.540. The molecule has 0 saturated heterocycles. The molecular formula is C9H12FNS. The van der Waals surface area contributed by atoms with Crippen molar-refractivity contribution < 1.29 is 4.39 Å². The van der Waals surface area contributed by atoms with Crippen LogP contribution < -0.4 is 5.73 Å². The summed E-state index contributed by atoms with van der Waals surface area (Å²) in [5, 5.41) is 0. The molecule has 0 radical (unpaired) electrons. The first-order chi connectivity index (χ1) is 5.77. The highest BCUT2D eigenvalue weighted by atomic mass is 32.1. The molecule has 0 fully saturated rings. The van der Waals surface area contributed by atoms with Crippen LogP contribution in [0.2, 0.25) is 0 Å². The van der Waals surface area contributed by atoms with Crippen molar-refractivity contribution in [2.45, 2.75) is 5.92 Å². The quantitative estimate of drug-likeness (QED) is 0.690. The molecular weight excluding hydrogens is 173 g/mol. The Labute approximate surface area is 77.2 Å². The number of nitrogens with two attached hydrogens (primary N) is 1. The van der Waals surface area contributed by atoms with Crippen LogP contribution in [0.5, 0.6) is 0 Å². The van der Waals surface area contributed by atoms with E-state index < -0.39 is 0 Å². The average Bonchev–Trinajstić information content (AvgIpc) is 2.10. The van der Waals surface area contributed by atoms with Gasteiger partial charge in [0.2, 0.25) is 0 Å². The van der Waals surface area contributed by atoms with Crippen LogP contribution in [0.3, 0.4) is 0 Å². The SMILES string of the molecule is NCC(CS)c1ccc(F)cc1. The van der Waals surface area contributed by atoms with Crippen LogP contribution in [-0.2, 0) is 0 Å². The van der Waals surface area contributed by atoms with Crippen molar-refractivity contribution in [2.24, 2.45) is 5.73 Å². The van der Waals surface area contributed by atoms with Gasteiger partial charge in [-0.25, -0.2) is 4.39 Å². The predicted octanol–water partition coefficient (Wildman–Crippen LogP) is 1.80. The van der Waals surface area contributed by atoms with Crippen molar-refractivity contribution in [2.75, 3.05) is 12.3 Å². The second kappa shape index (κ2) is 4.48. The summed E-state index contributed by atoms with van der Waals surface area (Å²) < 4.78 is 12.5. The smallest absolute Gasteiger partial charge is 0.123 e. The molecule has 1 unspecified atom stereocenters. The monoisotopic (exact) mass is 185 g/mol. The van der Waals surface area contributed by atoms with Gasteiger partial charge >= 0.3 is 0 Å².